The van der Waals surface area contributed by atoms with Crippen LogP contribution in [-0.2, 0) is 17.1 Å². The Bertz CT molecular complexity index is 1450. The highest BCUT2D eigenvalue weighted by Gasteiger charge is 2.91. The summed E-state index contributed by atoms with van der Waals surface area (Å²) in [5, 5.41) is 9.24. The number of benzene rings is 2. The van der Waals surface area contributed by atoms with E-state index in [9.17, 15) is 67.8 Å². The average molecular weight is 658 g/mol. The first kappa shape index (κ1) is 35.9. The highest BCUT2D eigenvalue weighted by Crippen LogP contribution is 2.62. The Morgan fingerprint density at radius 3 is 1.68 bits per heavy atom. The Balaban J connectivity index is 2.72. The summed E-state index contributed by atoms with van der Waals surface area (Å²) >= 11 is 0. The zero-order valence-corrected chi connectivity index (χ0v) is 21.4. The Labute approximate surface area is 236 Å². The van der Waals surface area contributed by atoms with Gasteiger partial charge >= 0.3 is 53.7 Å². The van der Waals surface area contributed by atoms with E-state index in [0.29, 0.717) is 6.07 Å². The second kappa shape index (κ2) is 11.6. The van der Waals surface area contributed by atoms with E-state index < -0.39 is 88.1 Å². The third-order valence-corrected chi connectivity index (χ3v) is 5.78. The number of ether oxygens (including phenoxy) is 2. The fourth-order valence-electron chi connectivity index (χ4n) is 3.51. The van der Waals surface area contributed by atoms with Gasteiger partial charge in [-0.05, 0) is 42.8 Å². The highest BCUT2D eigenvalue weighted by molar-refractivity contribution is 5.93. The normalized spacial score (nSPS) is 13.3. The topological polar surface area (TPSA) is 89.9 Å². The number of aromatic carboxylic acids is 1. The van der Waals surface area contributed by atoms with Crippen molar-refractivity contribution in [2.24, 2.45) is 0 Å². The fourth-order valence-corrected chi connectivity index (χ4v) is 3.51. The number of carbonyl (C=O) groups excluding carboxylic acids is 2. The Morgan fingerprint density at radius 2 is 1.25 bits per heavy atom. The summed E-state index contributed by atoms with van der Waals surface area (Å²) in [5.74, 6) is -45.6. The van der Waals surface area contributed by atoms with Crippen molar-refractivity contribution in [2.45, 2.75) is 49.1 Å². The van der Waals surface area contributed by atoms with Gasteiger partial charge in [0.1, 0.15) is 11.5 Å². The number of hydrogen-bond acceptors (Lipinski definition) is 5. The van der Waals surface area contributed by atoms with Crippen molar-refractivity contribution in [3.63, 3.8) is 0 Å². The molecule has 19 heteroatoms. The summed E-state index contributed by atoms with van der Waals surface area (Å²) in [4.78, 5) is 35.3. The summed E-state index contributed by atoms with van der Waals surface area (Å²) in [6.45, 7) is 3.89. The van der Waals surface area contributed by atoms with Gasteiger partial charge < -0.3 is 14.6 Å². The highest BCUT2D eigenvalue weighted by atomic mass is 19.4. The van der Waals surface area contributed by atoms with Crippen LogP contribution in [0.1, 0.15) is 38.8 Å². The van der Waals surface area contributed by atoms with Crippen LogP contribution in [0.2, 0.25) is 0 Å². The van der Waals surface area contributed by atoms with Crippen molar-refractivity contribution in [1.29, 1.82) is 0 Å². The molecule has 6 nitrogen and oxygen atoms in total. The molecule has 2 rings (SSSR count). The molecule has 2 aromatic carbocycles. The maximum Gasteiger partial charge on any atom is 0.460 e. The molecule has 0 spiro atoms. The number of carbonyl (C=O) groups is 3. The Morgan fingerprint density at radius 1 is 0.750 bits per heavy atom. The van der Waals surface area contributed by atoms with Gasteiger partial charge in [0, 0.05) is 17.2 Å². The van der Waals surface area contributed by atoms with E-state index in [0.717, 1.165) is 37.3 Å². The van der Waals surface area contributed by atoms with Gasteiger partial charge in [-0.1, -0.05) is 13.5 Å². The molecule has 0 aliphatic carbocycles. The fraction of sp³-hybridized carbons (Fsp3) is 0.320. The van der Waals surface area contributed by atoms with Crippen LogP contribution in [0.5, 0.6) is 11.5 Å². The van der Waals surface area contributed by atoms with Gasteiger partial charge in [0.25, 0.3) is 0 Å². The first-order chi connectivity index (χ1) is 19.8. The van der Waals surface area contributed by atoms with Crippen LogP contribution in [-0.4, -0.2) is 52.9 Å². The van der Waals surface area contributed by atoms with Crippen LogP contribution in [0.25, 0.3) is 0 Å². The van der Waals surface area contributed by atoms with E-state index in [2.05, 4.69) is 6.58 Å². The maximum absolute atomic E-state index is 15.2. The van der Waals surface area contributed by atoms with Gasteiger partial charge in [0.2, 0.25) is 0 Å². The van der Waals surface area contributed by atoms with Gasteiger partial charge in [0.05, 0.1) is 11.1 Å². The molecule has 0 unspecified atom stereocenters. The molecule has 0 amide bonds. The van der Waals surface area contributed by atoms with Crippen molar-refractivity contribution in [3.8, 4) is 11.5 Å². The molecule has 2 aromatic rings. The molecular weight excluding hydrogens is 643 g/mol. The molecular formula is C25H15F13O6. The lowest BCUT2D eigenvalue weighted by Crippen LogP contribution is -2.69. The van der Waals surface area contributed by atoms with Crippen LogP contribution in [0.3, 0.4) is 0 Å². The van der Waals surface area contributed by atoms with Gasteiger partial charge in [-0.15, -0.1) is 0 Å². The summed E-state index contributed by atoms with van der Waals surface area (Å²) in [6, 6.07) is 4.15. The molecule has 0 fully saturated rings. The van der Waals surface area contributed by atoms with Crippen molar-refractivity contribution >= 4 is 17.9 Å². The smallest absolute Gasteiger partial charge is 0.460 e. The van der Waals surface area contributed by atoms with Crippen LogP contribution < -0.4 is 9.47 Å². The maximum atomic E-state index is 15.2. The van der Waals surface area contributed by atoms with E-state index in [-0.39, 0.29) is 11.8 Å². The molecule has 242 valence electrons. The summed E-state index contributed by atoms with van der Waals surface area (Å²) in [5.41, 5.74) is -6.77. The quantitative estimate of drug-likeness (QED) is 0.117. The average Bonchev–Trinajstić information content (AvgIpc) is 2.91. The molecule has 1 N–H and O–H groups in total. The molecule has 0 heterocycles. The molecule has 0 saturated carbocycles. The zero-order valence-electron chi connectivity index (χ0n) is 21.4. The van der Waals surface area contributed by atoms with Crippen molar-refractivity contribution in [1.82, 2.24) is 0 Å². The predicted molar refractivity (Wildman–Crippen MR) is 120 cm³/mol. The predicted octanol–water partition coefficient (Wildman–Crippen LogP) is 7.45. The molecule has 0 aromatic heterocycles. The molecule has 0 bridgehead atoms. The van der Waals surface area contributed by atoms with E-state index in [1.165, 1.54) is 0 Å². The number of carboxylic acids is 1. The number of hydrogen-bond donors (Lipinski definition) is 1. The van der Waals surface area contributed by atoms with E-state index >= 15 is 8.78 Å². The lowest BCUT2D eigenvalue weighted by molar-refractivity contribution is -0.441. The first-order valence-corrected chi connectivity index (χ1v) is 11.3. The SMILES string of the molecule is C=CC(=O)Oc1ccc(C(=O)Oc2ccc(C(=O)O)c(C(F)(F)C(F)(F)C(F)(F)C(F)(F)C(F)(F)C(F)(F)F)c2CC)cc1. The van der Waals surface area contributed by atoms with Crippen LogP contribution in [0.15, 0.2) is 49.1 Å². The first-order valence-electron chi connectivity index (χ1n) is 11.3. The number of halogens is 13. The van der Waals surface area contributed by atoms with Crippen LogP contribution >= 0.6 is 0 Å². The Kier molecular flexibility index (Phi) is 9.49. The number of rotatable bonds is 11. The minimum Gasteiger partial charge on any atom is -0.478 e. The lowest BCUT2D eigenvalue weighted by Gasteiger charge is -2.40. The minimum atomic E-state index is -8.21. The van der Waals surface area contributed by atoms with Crippen LogP contribution in [0, 0.1) is 0 Å². The molecule has 0 saturated heterocycles. The molecule has 0 radical (unpaired) electrons. The van der Waals surface area contributed by atoms with Gasteiger partial charge in [0.15, 0.2) is 0 Å². The largest absolute Gasteiger partial charge is 0.478 e. The van der Waals surface area contributed by atoms with Crippen molar-refractivity contribution in [3.05, 3.63) is 71.3 Å². The third-order valence-electron chi connectivity index (χ3n) is 5.78. The van der Waals surface area contributed by atoms with Crippen LogP contribution in [0.4, 0.5) is 57.1 Å². The lowest BCUT2D eigenvalue weighted by atomic mass is 9.85. The van der Waals surface area contributed by atoms with E-state index in [1.54, 1.807) is 0 Å². The van der Waals surface area contributed by atoms with Crippen molar-refractivity contribution < 1.29 is 86.0 Å². The van der Waals surface area contributed by atoms with Gasteiger partial charge in [-0.25, -0.2) is 14.4 Å². The monoisotopic (exact) mass is 658 g/mol. The minimum absolute atomic E-state index is 0.0259. The standard InChI is InChI=1S/C25H15F13O6/c1-3-13-15(44-19(42)11-5-7-12(8-6-11)43-16(39)4-2)10-9-14(18(40)41)17(13)20(26,27)21(28,29)22(30,31)23(32,33)24(34,35)25(36,37)38/h4-10H,2-3H2,1H3,(H,40,41). The third kappa shape index (κ3) is 5.78. The number of alkyl halides is 13. The number of esters is 2. The molecule has 0 atom stereocenters. The van der Waals surface area contributed by atoms with Crippen molar-refractivity contribution in [2.75, 3.05) is 0 Å². The van der Waals surface area contributed by atoms with Gasteiger partial charge in [-0.2, -0.15) is 57.1 Å². The summed E-state index contributed by atoms with van der Waals surface area (Å²) < 4.78 is 189. The van der Waals surface area contributed by atoms with E-state index in [1.807, 2.05) is 0 Å². The molecule has 44 heavy (non-hydrogen) atoms. The zero-order chi connectivity index (χ0) is 34.3. The number of carboxylic acid groups (broad SMARTS) is 1. The summed E-state index contributed by atoms with van der Waals surface area (Å²) in [7, 11) is 0. The second-order valence-electron chi connectivity index (χ2n) is 8.53. The molecule has 0 aliphatic heterocycles. The second-order valence-corrected chi connectivity index (χ2v) is 8.53. The van der Waals surface area contributed by atoms with E-state index in [4.69, 9.17) is 9.47 Å². The van der Waals surface area contributed by atoms with Gasteiger partial charge in [-0.3, -0.25) is 0 Å². The Hall–Kier alpha value is -4.32. The summed E-state index contributed by atoms with van der Waals surface area (Å²) in [6.07, 6.45) is -7.97. The molecule has 0 aliphatic rings.